The SMILES string of the molecule is COc1cccc2c(NN)cccc12. The topological polar surface area (TPSA) is 47.3 Å². The van der Waals surface area contributed by atoms with Crippen molar-refractivity contribution in [3.8, 4) is 5.75 Å². The molecule has 0 aliphatic carbocycles. The van der Waals surface area contributed by atoms with Crippen molar-refractivity contribution in [1.82, 2.24) is 0 Å². The molecule has 0 aliphatic rings. The molecule has 0 radical (unpaired) electrons. The van der Waals surface area contributed by atoms with Crippen molar-refractivity contribution in [3.05, 3.63) is 36.4 Å². The predicted molar refractivity (Wildman–Crippen MR) is 58.3 cm³/mol. The van der Waals surface area contributed by atoms with Crippen LogP contribution in [0, 0.1) is 0 Å². The molecular formula is C11H12N2O. The number of benzene rings is 2. The van der Waals surface area contributed by atoms with Gasteiger partial charge in [0, 0.05) is 10.8 Å². The molecule has 0 amide bonds. The number of hydrogen-bond acceptors (Lipinski definition) is 3. The fourth-order valence-corrected chi connectivity index (χ4v) is 1.59. The maximum absolute atomic E-state index is 5.42. The molecule has 0 heterocycles. The van der Waals surface area contributed by atoms with E-state index in [1.807, 2.05) is 36.4 Å². The summed E-state index contributed by atoms with van der Waals surface area (Å²) >= 11 is 0. The monoisotopic (exact) mass is 188 g/mol. The van der Waals surface area contributed by atoms with E-state index >= 15 is 0 Å². The largest absolute Gasteiger partial charge is 0.496 e. The molecule has 3 nitrogen and oxygen atoms in total. The van der Waals surface area contributed by atoms with Crippen LogP contribution >= 0.6 is 0 Å². The summed E-state index contributed by atoms with van der Waals surface area (Å²) in [7, 11) is 1.66. The third kappa shape index (κ3) is 1.28. The highest BCUT2D eigenvalue weighted by Gasteiger charge is 2.02. The number of nitrogens with two attached hydrogens (primary N) is 1. The molecule has 0 saturated heterocycles. The Morgan fingerprint density at radius 2 is 1.79 bits per heavy atom. The van der Waals surface area contributed by atoms with Crippen LogP contribution in [0.1, 0.15) is 0 Å². The van der Waals surface area contributed by atoms with Crippen LogP contribution in [-0.2, 0) is 0 Å². The number of hydrazine groups is 1. The number of nitrogens with one attached hydrogen (secondary N) is 1. The van der Waals surface area contributed by atoms with Gasteiger partial charge in [0.15, 0.2) is 0 Å². The molecule has 0 aliphatic heterocycles. The minimum Gasteiger partial charge on any atom is -0.496 e. The van der Waals surface area contributed by atoms with Crippen LogP contribution in [0.15, 0.2) is 36.4 Å². The number of nitrogen functional groups attached to an aromatic ring is 1. The van der Waals surface area contributed by atoms with Gasteiger partial charge < -0.3 is 10.2 Å². The van der Waals surface area contributed by atoms with Crippen molar-refractivity contribution in [1.29, 1.82) is 0 Å². The van der Waals surface area contributed by atoms with Gasteiger partial charge in [-0.25, -0.2) is 0 Å². The maximum Gasteiger partial charge on any atom is 0.126 e. The van der Waals surface area contributed by atoms with Gasteiger partial charge in [-0.05, 0) is 12.1 Å². The lowest BCUT2D eigenvalue weighted by Crippen LogP contribution is -2.06. The van der Waals surface area contributed by atoms with Crippen molar-refractivity contribution in [2.75, 3.05) is 12.5 Å². The van der Waals surface area contributed by atoms with E-state index in [1.165, 1.54) is 0 Å². The molecule has 0 spiro atoms. The highest BCUT2D eigenvalue weighted by atomic mass is 16.5. The van der Waals surface area contributed by atoms with Gasteiger partial charge in [0.25, 0.3) is 0 Å². The van der Waals surface area contributed by atoms with E-state index < -0.39 is 0 Å². The minimum atomic E-state index is 0.861. The first-order valence-corrected chi connectivity index (χ1v) is 4.39. The Morgan fingerprint density at radius 3 is 2.50 bits per heavy atom. The first-order valence-electron chi connectivity index (χ1n) is 4.39. The van der Waals surface area contributed by atoms with E-state index in [0.29, 0.717) is 0 Å². The van der Waals surface area contributed by atoms with Crippen LogP contribution in [0.3, 0.4) is 0 Å². The van der Waals surface area contributed by atoms with Crippen LogP contribution in [0.2, 0.25) is 0 Å². The molecule has 0 aromatic heterocycles. The number of hydrogen-bond donors (Lipinski definition) is 2. The molecule has 2 rings (SSSR count). The molecule has 72 valence electrons. The summed E-state index contributed by atoms with van der Waals surface area (Å²) in [5.41, 5.74) is 3.57. The van der Waals surface area contributed by atoms with E-state index in [-0.39, 0.29) is 0 Å². The van der Waals surface area contributed by atoms with E-state index in [4.69, 9.17) is 10.6 Å². The minimum absolute atomic E-state index is 0.861. The maximum atomic E-state index is 5.42. The van der Waals surface area contributed by atoms with E-state index in [9.17, 15) is 0 Å². The van der Waals surface area contributed by atoms with Crippen molar-refractivity contribution in [3.63, 3.8) is 0 Å². The van der Waals surface area contributed by atoms with Crippen LogP contribution in [-0.4, -0.2) is 7.11 Å². The lowest BCUT2D eigenvalue weighted by atomic mass is 10.1. The zero-order valence-corrected chi connectivity index (χ0v) is 7.95. The highest BCUT2D eigenvalue weighted by molar-refractivity contribution is 5.97. The molecule has 3 N–H and O–H groups in total. The Kier molecular flexibility index (Phi) is 2.24. The van der Waals surface area contributed by atoms with Crippen molar-refractivity contribution >= 4 is 16.5 Å². The second-order valence-electron chi connectivity index (χ2n) is 3.01. The summed E-state index contributed by atoms with van der Waals surface area (Å²) in [5, 5.41) is 2.12. The highest BCUT2D eigenvalue weighted by Crippen LogP contribution is 2.29. The molecule has 0 fully saturated rings. The normalized spacial score (nSPS) is 10.1. The van der Waals surface area contributed by atoms with E-state index in [2.05, 4.69) is 5.43 Å². The average Bonchev–Trinajstić information content (AvgIpc) is 2.27. The molecule has 0 atom stereocenters. The average molecular weight is 188 g/mol. The zero-order chi connectivity index (χ0) is 9.97. The number of fused-ring (bicyclic) bond motifs is 1. The van der Waals surface area contributed by atoms with Gasteiger partial charge in [-0.2, -0.15) is 0 Å². The zero-order valence-electron chi connectivity index (χ0n) is 7.95. The van der Waals surface area contributed by atoms with Gasteiger partial charge in [0.1, 0.15) is 5.75 Å². The molecule has 14 heavy (non-hydrogen) atoms. The van der Waals surface area contributed by atoms with Gasteiger partial charge in [0.2, 0.25) is 0 Å². The lowest BCUT2D eigenvalue weighted by Gasteiger charge is -2.08. The fourth-order valence-electron chi connectivity index (χ4n) is 1.59. The van der Waals surface area contributed by atoms with Gasteiger partial charge in [-0.1, -0.05) is 24.3 Å². The van der Waals surface area contributed by atoms with Gasteiger partial charge in [-0.3, -0.25) is 5.84 Å². The van der Waals surface area contributed by atoms with E-state index in [1.54, 1.807) is 7.11 Å². The Labute approximate surface area is 82.5 Å². The third-order valence-electron chi connectivity index (χ3n) is 2.26. The Morgan fingerprint density at radius 1 is 1.07 bits per heavy atom. The Bertz CT molecular complexity index is 411. The summed E-state index contributed by atoms with van der Waals surface area (Å²) in [4.78, 5) is 0. The standard InChI is InChI=1S/C11H12N2O/c1-14-11-7-3-4-8-9(11)5-2-6-10(8)13-12/h2-7,13H,12H2,1H3. The Balaban J connectivity index is 2.77. The van der Waals surface area contributed by atoms with Crippen LogP contribution < -0.4 is 16.0 Å². The van der Waals surface area contributed by atoms with Crippen LogP contribution in [0.4, 0.5) is 5.69 Å². The smallest absolute Gasteiger partial charge is 0.126 e. The second kappa shape index (κ2) is 3.55. The van der Waals surface area contributed by atoms with Crippen molar-refractivity contribution in [2.24, 2.45) is 5.84 Å². The van der Waals surface area contributed by atoms with Crippen LogP contribution in [0.5, 0.6) is 5.75 Å². The first-order chi connectivity index (χ1) is 6.86. The number of anilines is 1. The van der Waals surface area contributed by atoms with Crippen molar-refractivity contribution < 1.29 is 4.74 Å². The Hall–Kier alpha value is -1.74. The van der Waals surface area contributed by atoms with E-state index in [0.717, 1.165) is 22.2 Å². The molecule has 0 unspecified atom stereocenters. The summed E-state index contributed by atoms with van der Waals surface area (Å²) < 4.78 is 5.26. The predicted octanol–water partition coefficient (Wildman–Crippen LogP) is 2.13. The molecule has 3 heteroatoms. The lowest BCUT2D eigenvalue weighted by molar-refractivity contribution is 0.420. The second-order valence-corrected chi connectivity index (χ2v) is 3.01. The van der Waals surface area contributed by atoms with Crippen LogP contribution in [0.25, 0.3) is 10.8 Å². The molecule has 2 aromatic rings. The first kappa shape index (κ1) is 8.84. The summed E-state index contributed by atoms with van der Waals surface area (Å²) in [6.07, 6.45) is 0. The summed E-state index contributed by atoms with van der Waals surface area (Å²) in [5.74, 6) is 6.28. The number of ether oxygens (including phenoxy) is 1. The number of rotatable bonds is 2. The molecule has 0 bridgehead atoms. The molecule has 2 aromatic carbocycles. The summed E-state index contributed by atoms with van der Waals surface area (Å²) in [6.45, 7) is 0. The van der Waals surface area contributed by atoms with Gasteiger partial charge in [-0.15, -0.1) is 0 Å². The molecule has 0 saturated carbocycles. The number of methoxy groups -OCH3 is 1. The summed E-state index contributed by atoms with van der Waals surface area (Å²) in [6, 6.07) is 11.8. The fraction of sp³-hybridized carbons (Fsp3) is 0.0909. The van der Waals surface area contributed by atoms with Gasteiger partial charge >= 0.3 is 0 Å². The third-order valence-corrected chi connectivity index (χ3v) is 2.26. The quantitative estimate of drug-likeness (QED) is 0.560. The molecular weight excluding hydrogens is 176 g/mol. The van der Waals surface area contributed by atoms with Crippen molar-refractivity contribution in [2.45, 2.75) is 0 Å². The van der Waals surface area contributed by atoms with Gasteiger partial charge in [0.05, 0.1) is 12.8 Å².